The first-order chi connectivity index (χ1) is 14.9. The van der Waals surface area contributed by atoms with Crippen molar-refractivity contribution >= 4 is 56.0 Å². The predicted octanol–water partition coefficient (Wildman–Crippen LogP) is 4.51. The number of carbonyl (C=O) groups is 1. The van der Waals surface area contributed by atoms with Gasteiger partial charge in [-0.2, -0.15) is 4.31 Å². The summed E-state index contributed by atoms with van der Waals surface area (Å²) in [5, 5.41) is 3.65. The number of H-pyrrole nitrogens is 1. The summed E-state index contributed by atoms with van der Waals surface area (Å²) in [6.45, 7) is 1.03. The van der Waals surface area contributed by atoms with Crippen LogP contribution in [0.3, 0.4) is 0 Å². The molecule has 0 saturated carbocycles. The van der Waals surface area contributed by atoms with E-state index in [9.17, 15) is 13.2 Å². The molecule has 0 atom stereocenters. The van der Waals surface area contributed by atoms with Gasteiger partial charge in [-0.3, -0.25) is 4.79 Å². The average Bonchev–Trinajstić information content (AvgIpc) is 2.96. The number of hydrogen-bond acceptors (Lipinski definition) is 5. The minimum absolute atomic E-state index is 0.110. The number of fused-ring (bicyclic) bond motifs is 1. The quantitative estimate of drug-likeness (QED) is 0.508. The molecule has 1 amide bonds. The number of nitrogens with one attached hydrogen (secondary N) is 2. The zero-order chi connectivity index (χ0) is 21.8. The first-order valence-corrected chi connectivity index (χ1v) is 12.9. The van der Waals surface area contributed by atoms with Gasteiger partial charge in [0, 0.05) is 13.1 Å². The molecule has 31 heavy (non-hydrogen) atoms. The normalized spacial score (nSPS) is 15.6. The van der Waals surface area contributed by atoms with Gasteiger partial charge in [0.05, 0.1) is 32.4 Å². The Morgan fingerprint density at radius 1 is 1.13 bits per heavy atom. The van der Waals surface area contributed by atoms with Crippen molar-refractivity contribution in [1.29, 1.82) is 0 Å². The number of hydrogen-bond donors (Lipinski definition) is 2. The largest absolute Gasteiger partial charge is 0.333 e. The van der Waals surface area contributed by atoms with Gasteiger partial charge in [-0.1, -0.05) is 48.3 Å². The van der Waals surface area contributed by atoms with Crippen molar-refractivity contribution in [3.8, 4) is 0 Å². The molecule has 0 bridgehead atoms. The number of thioether (sulfide) groups is 1. The van der Waals surface area contributed by atoms with Gasteiger partial charge < -0.3 is 10.3 Å². The van der Waals surface area contributed by atoms with Crippen LogP contribution in [0.25, 0.3) is 11.0 Å². The number of imidazole rings is 1. The summed E-state index contributed by atoms with van der Waals surface area (Å²) in [4.78, 5) is 20.2. The van der Waals surface area contributed by atoms with E-state index in [0.29, 0.717) is 18.2 Å². The maximum Gasteiger partial charge on any atom is 0.243 e. The van der Waals surface area contributed by atoms with Gasteiger partial charge in [-0.15, -0.1) is 0 Å². The molecule has 1 fully saturated rings. The number of anilines is 1. The summed E-state index contributed by atoms with van der Waals surface area (Å²) in [6, 6.07) is 12.1. The van der Waals surface area contributed by atoms with Crippen LogP contribution in [0.1, 0.15) is 25.7 Å². The van der Waals surface area contributed by atoms with Gasteiger partial charge in [0.15, 0.2) is 5.16 Å². The van der Waals surface area contributed by atoms with Crippen LogP contribution in [-0.2, 0) is 14.8 Å². The second-order valence-electron chi connectivity index (χ2n) is 7.36. The molecule has 0 unspecified atom stereocenters. The highest BCUT2D eigenvalue weighted by Gasteiger charge is 2.26. The fraction of sp³-hybridized carbons (Fsp3) is 0.333. The molecule has 2 heterocycles. The Kier molecular flexibility index (Phi) is 6.86. The van der Waals surface area contributed by atoms with Gasteiger partial charge in [0.1, 0.15) is 0 Å². The Labute approximate surface area is 190 Å². The molecule has 2 N–H and O–H groups in total. The molecule has 0 radical (unpaired) electrons. The maximum atomic E-state index is 13.0. The lowest BCUT2D eigenvalue weighted by atomic mass is 10.2. The second kappa shape index (κ2) is 9.60. The van der Waals surface area contributed by atoms with Crippen molar-refractivity contribution in [2.24, 2.45) is 0 Å². The molecule has 1 aliphatic rings. The Hall–Kier alpha value is -2.07. The lowest BCUT2D eigenvalue weighted by molar-refractivity contribution is -0.113. The number of carbonyl (C=O) groups excluding carboxylic acids is 1. The standard InChI is InChI=1S/C21H23ClN4O3S2/c22-16-10-9-15(31(28,29)26-11-5-1-2-6-12-26)13-19(16)23-20(27)14-30-21-24-17-7-3-4-8-18(17)25-21/h3-4,7-10,13H,1-2,5-6,11-12,14H2,(H,23,27)(H,24,25). The number of aromatic nitrogens is 2. The third kappa shape index (κ3) is 5.23. The molecular weight excluding hydrogens is 456 g/mol. The number of benzene rings is 2. The monoisotopic (exact) mass is 478 g/mol. The van der Waals surface area contributed by atoms with E-state index in [-0.39, 0.29) is 27.3 Å². The van der Waals surface area contributed by atoms with E-state index >= 15 is 0 Å². The van der Waals surface area contributed by atoms with Crippen molar-refractivity contribution in [2.45, 2.75) is 35.7 Å². The van der Waals surface area contributed by atoms with E-state index in [4.69, 9.17) is 11.6 Å². The Morgan fingerprint density at radius 2 is 1.87 bits per heavy atom. The van der Waals surface area contributed by atoms with E-state index in [1.54, 1.807) is 0 Å². The fourth-order valence-corrected chi connectivity index (χ4v) is 5.90. The number of sulfonamides is 1. The highest BCUT2D eigenvalue weighted by Crippen LogP contribution is 2.28. The first kappa shape index (κ1) is 22.1. The topological polar surface area (TPSA) is 95.2 Å². The van der Waals surface area contributed by atoms with Crippen molar-refractivity contribution < 1.29 is 13.2 Å². The van der Waals surface area contributed by atoms with Crippen molar-refractivity contribution in [2.75, 3.05) is 24.2 Å². The van der Waals surface area contributed by atoms with Crippen LogP contribution in [0, 0.1) is 0 Å². The molecule has 10 heteroatoms. The van der Waals surface area contributed by atoms with Gasteiger partial charge in [-0.25, -0.2) is 13.4 Å². The second-order valence-corrected chi connectivity index (χ2v) is 10.7. The average molecular weight is 479 g/mol. The van der Waals surface area contributed by atoms with Crippen LogP contribution in [0.2, 0.25) is 5.02 Å². The molecule has 0 aliphatic carbocycles. The lowest BCUT2D eigenvalue weighted by Crippen LogP contribution is -2.32. The lowest BCUT2D eigenvalue weighted by Gasteiger charge is -2.20. The van der Waals surface area contributed by atoms with E-state index in [1.807, 2.05) is 24.3 Å². The smallest absolute Gasteiger partial charge is 0.243 e. The predicted molar refractivity (Wildman–Crippen MR) is 124 cm³/mol. The van der Waals surface area contributed by atoms with Crippen molar-refractivity contribution in [3.63, 3.8) is 0 Å². The Balaban J connectivity index is 1.44. The number of aromatic amines is 1. The van der Waals surface area contributed by atoms with Crippen molar-refractivity contribution in [3.05, 3.63) is 47.5 Å². The summed E-state index contributed by atoms with van der Waals surface area (Å²) in [5.74, 6) is -0.184. The molecule has 3 aromatic rings. The van der Waals surface area contributed by atoms with Crippen LogP contribution in [0.4, 0.5) is 5.69 Å². The number of rotatable bonds is 6. The summed E-state index contributed by atoms with van der Waals surface area (Å²) in [6.07, 6.45) is 3.79. The molecule has 4 rings (SSSR count). The fourth-order valence-electron chi connectivity index (χ4n) is 3.51. The van der Waals surface area contributed by atoms with Crippen LogP contribution >= 0.6 is 23.4 Å². The van der Waals surface area contributed by atoms with Gasteiger partial charge in [0.25, 0.3) is 0 Å². The third-order valence-corrected chi connectivity index (χ3v) is 8.22. The molecule has 164 valence electrons. The summed E-state index contributed by atoms with van der Waals surface area (Å²) < 4.78 is 27.6. The van der Waals surface area contributed by atoms with Crippen molar-refractivity contribution in [1.82, 2.24) is 14.3 Å². The van der Waals surface area contributed by atoms with Gasteiger partial charge >= 0.3 is 0 Å². The highest BCUT2D eigenvalue weighted by molar-refractivity contribution is 7.99. The molecule has 1 aliphatic heterocycles. The van der Waals surface area contributed by atoms with E-state index in [0.717, 1.165) is 36.7 Å². The number of nitrogens with zero attached hydrogens (tertiary/aromatic N) is 2. The van der Waals surface area contributed by atoms with Gasteiger partial charge in [-0.05, 0) is 43.2 Å². The van der Waals surface area contributed by atoms with E-state index in [2.05, 4.69) is 15.3 Å². The number of para-hydroxylation sites is 2. The first-order valence-electron chi connectivity index (χ1n) is 10.1. The molecule has 1 saturated heterocycles. The number of halogens is 1. The highest BCUT2D eigenvalue weighted by atomic mass is 35.5. The summed E-state index contributed by atoms with van der Waals surface area (Å²) in [5.41, 5.74) is 2.02. The van der Waals surface area contributed by atoms with Crippen LogP contribution in [-0.4, -0.2) is 47.4 Å². The molecule has 7 nitrogen and oxygen atoms in total. The van der Waals surface area contributed by atoms with E-state index in [1.165, 1.54) is 34.3 Å². The summed E-state index contributed by atoms with van der Waals surface area (Å²) >= 11 is 7.49. The zero-order valence-corrected chi connectivity index (χ0v) is 19.2. The third-order valence-electron chi connectivity index (χ3n) is 5.12. The summed E-state index contributed by atoms with van der Waals surface area (Å²) in [7, 11) is -3.63. The van der Waals surface area contributed by atoms with Gasteiger partial charge in [0.2, 0.25) is 15.9 Å². The van der Waals surface area contributed by atoms with Crippen LogP contribution in [0.5, 0.6) is 0 Å². The van der Waals surface area contributed by atoms with Crippen LogP contribution < -0.4 is 5.32 Å². The number of amides is 1. The van der Waals surface area contributed by atoms with E-state index < -0.39 is 10.0 Å². The van der Waals surface area contributed by atoms with Crippen LogP contribution in [0.15, 0.2) is 52.5 Å². The minimum atomic E-state index is -3.63. The molecular formula is C21H23ClN4O3S2. The minimum Gasteiger partial charge on any atom is -0.333 e. The molecule has 0 spiro atoms. The Bertz CT molecular complexity index is 1160. The Morgan fingerprint density at radius 3 is 2.61 bits per heavy atom. The zero-order valence-electron chi connectivity index (χ0n) is 16.8. The maximum absolute atomic E-state index is 13.0. The molecule has 1 aromatic heterocycles. The molecule has 2 aromatic carbocycles. The SMILES string of the molecule is O=C(CSc1nc2ccccc2[nH]1)Nc1cc(S(=O)(=O)N2CCCCCC2)ccc1Cl.